The Kier molecular flexibility index (Phi) is 3.22. The van der Waals surface area contributed by atoms with Gasteiger partial charge in [0, 0.05) is 17.3 Å². The highest BCUT2D eigenvalue weighted by molar-refractivity contribution is 6.01. The van der Waals surface area contributed by atoms with Crippen LogP contribution in [0.2, 0.25) is 0 Å². The van der Waals surface area contributed by atoms with Crippen LogP contribution in [0.15, 0.2) is 66.9 Å². The molecule has 4 aromatic rings. The summed E-state index contributed by atoms with van der Waals surface area (Å²) in [6, 6.07) is 20.9. The molecular formula is C22H18N2O. The molecule has 0 saturated heterocycles. The molecule has 0 saturated carbocycles. The summed E-state index contributed by atoms with van der Waals surface area (Å²) in [6.45, 7) is -0.0227. The lowest BCUT2D eigenvalue weighted by molar-refractivity contribution is 0.282. The SMILES string of the molecule is OCc1cn(-c2ccccc2)nc1-c1ccc2c3c(cccc13)CC2. The van der Waals surface area contributed by atoms with Crippen LogP contribution in [0, 0.1) is 0 Å². The molecule has 1 aliphatic rings. The van der Waals surface area contributed by atoms with Crippen molar-refractivity contribution in [2.75, 3.05) is 0 Å². The van der Waals surface area contributed by atoms with Crippen LogP contribution in [0.4, 0.5) is 0 Å². The summed E-state index contributed by atoms with van der Waals surface area (Å²) < 4.78 is 1.85. The van der Waals surface area contributed by atoms with Gasteiger partial charge in [-0.15, -0.1) is 0 Å². The van der Waals surface area contributed by atoms with Gasteiger partial charge in [0.05, 0.1) is 18.0 Å². The van der Waals surface area contributed by atoms with Crippen LogP contribution in [0.5, 0.6) is 0 Å². The predicted molar refractivity (Wildman–Crippen MR) is 99.8 cm³/mol. The van der Waals surface area contributed by atoms with Gasteiger partial charge in [0.15, 0.2) is 0 Å². The number of rotatable bonds is 3. The van der Waals surface area contributed by atoms with Crippen molar-refractivity contribution in [1.29, 1.82) is 0 Å². The largest absolute Gasteiger partial charge is 0.392 e. The molecule has 3 heteroatoms. The highest BCUT2D eigenvalue weighted by Crippen LogP contribution is 2.37. The predicted octanol–water partition coefficient (Wildman–Crippen LogP) is 4.28. The van der Waals surface area contributed by atoms with Gasteiger partial charge in [-0.05, 0) is 46.9 Å². The maximum Gasteiger partial charge on any atom is 0.0989 e. The minimum Gasteiger partial charge on any atom is -0.392 e. The fraction of sp³-hybridized carbons (Fsp3) is 0.136. The van der Waals surface area contributed by atoms with Crippen molar-refractivity contribution in [2.45, 2.75) is 19.4 Å². The molecule has 5 rings (SSSR count). The number of nitrogens with zero attached hydrogens (tertiary/aromatic N) is 2. The van der Waals surface area contributed by atoms with Crippen LogP contribution in [0.25, 0.3) is 27.7 Å². The molecule has 3 aromatic carbocycles. The molecule has 0 bridgehead atoms. The van der Waals surface area contributed by atoms with Gasteiger partial charge in [-0.1, -0.05) is 48.5 Å². The molecule has 0 atom stereocenters. The number of benzene rings is 3. The van der Waals surface area contributed by atoms with Gasteiger partial charge in [0.25, 0.3) is 0 Å². The summed E-state index contributed by atoms with van der Waals surface area (Å²) in [7, 11) is 0. The first-order valence-corrected chi connectivity index (χ1v) is 8.64. The lowest BCUT2D eigenvalue weighted by Crippen LogP contribution is -1.94. The third kappa shape index (κ3) is 2.20. The second-order valence-corrected chi connectivity index (χ2v) is 6.55. The minimum atomic E-state index is -0.0227. The summed E-state index contributed by atoms with van der Waals surface area (Å²) in [5.74, 6) is 0. The van der Waals surface area contributed by atoms with Crippen LogP contribution >= 0.6 is 0 Å². The van der Waals surface area contributed by atoms with E-state index in [0.29, 0.717) is 0 Å². The topological polar surface area (TPSA) is 38.0 Å². The van der Waals surface area contributed by atoms with E-state index in [4.69, 9.17) is 5.10 Å². The lowest BCUT2D eigenvalue weighted by Gasteiger charge is -2.08. The zero-order valence-corrected chi connectivity index (χ0v) is 13.8. The maximum absolute atomic E-state index is 9.88. The van der Waals surface area contributed by atoms with Crippen molar-refractivity contribution >= 4 is 10.8 Å². The summed E-state index contributed by atoms with van der Waals surface area (Å²) in [6.07, 6.45) is 4.15. The van der Waals surface area contributed by atoms with Crippen LogP contribution in [0.3, 0.4) is 0 Å². The molecule has 0 amide bonds. The summed E-state index contributed by atoms with van der Waals surface area (Å²) >= 11 is 0. The van der Waals surface area contributed by atoms with Crippen LogP contribution in [0.1, 0.15) is 16.7 Å². The van der Waals surface area contributed by atoms with Crippen molar-refractivity contribution in [3.05, 3.63) is 83.6 Å². The summed E-state index contributed by atoms with van der Waals surface area (Å²) in [5, 5.41) is 17.3. The van der Waals surface area contributed by atoms with Crippen LogP contribution in [-0.4, -0.2) is 14.9 Å². The molecule has 0 fully saturated rings. The first kappa shape index (κ1) is 14.4. The Bertz CT molecular complexity index is 1070. The van der Waals surface area contributed by atoms with Crippen molar-refractivity contribution in [3.8, 4) is 16.9 Å². The van der Waals surface area contributed by atoms with E-state index < -0.39 is 0 Å². The number of hydrogen-bond donors (Lipinski definition) is 1. The third-order valence-electron chi connectivity index (χ3n) is 5.11. The molecular weight excluding hydrogens is 308 g/mol. The number of aliphatic hydroxyl groups excluding tert-OH is 1. The van der Waals surface area contributed by atoms with Gasteiger partial charge in [-0.2, -0.15) is 5.10 Å². The molecule has 0 radical (unpaired) electrons. The van der Waals surface area contributed by atoms with E-state index in [0.717, 1.165) is 35.3 Å². The van der Waals surface area contributed by atoms with Crippen molar-refractivity contribution in [3.63, 3.8) is 0 Å². The Morgan fingerprint density at radius 1 is 0.880 bits per heavy atom. The normalized spacial score (nSPS) is 12.8. The number of hydrogen-bond acceptors (Lipinski definition) is 2. The number of aliphatic hydroxyl groups is 1. The molecule has 1 aliphatic carbocycles. The van der Waals surface area contributed by atoms with E-state index in [1.165, 1.54) is 21.9 Å². The average molecular weight is 326 g/mol. The van der Waals surface area contributed by atoms with E-state index in [9.17, 15) is 5.11 Å². The van der Waals surface area contributed by atoms with E-state index in [-0.39, 0.29) is 6.61 Å². The van der Waals surface area contributed by atoms with Crippen molar-refractivity contribution in [1.82, 2.24) is 9.78 Å². The molecule has 25 heavy (non-hydrogen) atoms. The standard InChI is InChI=1S/C22H18N2O/c25-14-17-13-24(18-6-2-1-3-7-18)23-22(17)20-12-11-16-10-9-15-5-4-8-19(20)21(15)16/h1-8,11-13,25H,9-10,14H2. The number of aryl methyl sites for hydroxylation is 2. The quantitative estimate of drug-likeness (QED) is 0.610. The highest BCUT2D eigenvalue weighted by atomic mass is 16.3. The van der Waals surface area contributed by atoms with E-state index in [1.807, 2.05) is 41.2 Å². The van der Waals surface area contributed by atoms with Gasteiger partial charge in [0.1, 0.15) is 0 Å². The molecule has 0 spiro atoms. The fourth-order valence-electron chi connectivity index (χ4n) is 3.92. The van der Waals surface area contributed by atoms with Crippen molar-refractivity contribution < 1.29 is 5.11 Å². The maximum atomic E-state index is 9.88. The van der Waals surface area contributed by atoms with Crippen molar-refractivity contribution in [2.24, 2.45) is 0 Å². The van der Waals surface area contributed by atoms with E-state index in [1.54, 1.807) is 0 Å². The zero-order chi connectivity index (χ0) is 16.8. The summed E-state index contributed by atoms with van der Waals surface area (Å²) in [5.41, 5.74) is 6.64. The Hall–Kier alpha value is -2.91. The van der Waals surface area contributed by atoms with Crippen LogP contribution in [-0.2, 0) is 19.4 Å². The Balaban J connectivity index is 1.75. The first-order valence-electron chi connectivity index (χ1n) is 8.64. The third-order valence-corrected chi connectivity index (χ3v) is 5.11. The molecule has 3 nitrogen and oxygen atoms in total. The highest BCUT2D eigenvalue weighted by Gasteiger charge is 2.19. The van der Waals surface area contributed by atoms with E-state index in [2.05, 4.69) is 30.3 Å². The second-order valence-electron chi connectivity index (χ2n) is 6.55. The molecule has 0 unspecified atom stereocenters. The average Bonchev–Trinajstić information content (AvgIpc) is 3.29. The van der Waals surface area contributed by atoms with Gasteiger partial charge in [-0.25, -0.2) is 4.68 Å². The first-order chi connectivity index (χ1) is 12.3. The monoisotopic (exact) mass is 326 g/mol. The van der Waals surface area contributed by atoms with Crippen LogP contribution < -0.4 is 0 Å². The molecule has 122 valence electrons. The molecule has 1 aromatic heterocycles. The van der Waals surface area contributed by atoms with Gasteiger partial charge < -0.3 is 5.11 Å². The lowest BCUT2D eigenvalue weighted by atomic mass is 9.97. The number of aromatic nitrogens is 2. The van der Waals surface area contributed by atoms with Gasteiger partial charge in [-0.3, -0.25) is 0 Å². The Labute approximate surface area is 146 Å². The summed E-state index contributed by atoms with van der Waals surface area (Å²) in [4.78, 5) is 0. The number of para-hydroxylation sites is 1. The Morgan fingerprint density at radius 2 is 1.68 bits per heavy atom. The Morgan fingerprint density at radius 3 is 2.48 bits per heavy atom. The van der Waals surface area contributed by atoms with Gasteiger partial charge in [0.2, 0.25) is 0 Å². The van der Waals surface area contributed by atoms with E-state index >= 15 is 0 Å². The minimum absolute atomic E-state index is 0.0227. The molecule has 1 heterocycles. The fourth-order valence-corrected chi connectivity index (χ4v) is 3.92. The smallest absolute Gasteiger partial charge is 0.0989 e. The van der Waals surface area contributed by atoms with Gasteiger partial charge >= 0.3 is 0 Å². The molecule has 1 N–H and O–H groups in total. The molecule has 0 aliphatic heterocycles. The zero-order valence-electron chi connectivity index (χ0n) is 13.8. The second kappa shape index (κ2) is 5.57.